The van der Waals surface area contributed by atoms with Crippen molar-refractivity contribution < 1.29 is 15.0 Å². The summed E-state index contributed by atoms with van der Waals surface area (Å²) in [4.78, 5) is 12.8. The van der Waals surface area contributed by atoms with Crippen LogP contribution in [0, 0.1) is 0 Å². The second-order valence-corrected chi connectivity index (χ2v) is 6.58. The first kappa shape index (κ1) is 17.6. The maximum absolute atomic E-state index is 12.8. The van der Waals surface area contributed by atoms with E-state index < -0.39 is 0 Å². The Balaban J connectivity index is 1.54. The molecule has 4 aromatic rings. The fourth-order valence-corrected chi connectivity index (χ4v) is 3.10. The van der Waals surface area contributed by atoms with Crippen LogP contribution in [0.15, 0.2) is 97.1 Å². The molecule has 0 aromatic heterocycles. The van der Waals surface area contributed by atoms with Crippen LogP contribution in [0.1, 0.15) is 15.9 Å². The number of hydrogen-bond acceptors (Lipinski definition) is 3. The molecule has 0 radical (unpaired) electrons. The molecule has 0 unspecified atom stereocenters. The van der Waals surface area contributed by atoms with Crippen LogP contribution in [-0.4, -0.2) is 16.0 Å². The molecule has 4 aromatic carbocycles. The molecule has 0 heterocycles. The Kier molecular flexibility index (Phi) is 4.65. The van der Waals surface area contributed by atoms with Gasteiger partial charge in [-0.25, -0.2) is 0 Å². The zero-order valence-corrected chi connectivity index (χ0v) is 15.0. The Hall–Kier alpha value is -3.85. The number of rotatable bonds is 4. The van der Waals surface area contributed by atoms with Gasteiger partial charge in [-0.05, 0) is 46.5 Å². The molecule has 0 atom stereocenters. The molecule has 3 nitrogen and oxygen atoms in total. The average Bonchev–Trinajstić information content (AvgIpc) is 2.75. The van der Waals surface area contributed by atoms with E-state index in [1.54, 1.807) is 24.3 Å². The van der Waals surface area contributed by atoms with Crippen LogP contribution in [0.5, 0.6) is 11.5 Å². The average molecular weight is 366 g/mol. The van der Waals surface area contributed by atoms with E-state index in [2.05, 4.69) is 0 Å². The van der Waals surface area contributed by atoms with E-state index in [9.17, 15) is 15.0 Å². The lowest BCUT2D eigenvalue weighted by molar-refractivity contribution is 0.103. The Labute approximate surface area is 163 Å². The van der Waals surface area contributed by atoms with Crippen molar-refractivity contribution in [3.63, 3.8) is 0 Å². The second kappa shape index (κ2) is 7.41. The van der Waals surface area contributed by atoms with Gasteiger partial charge in [0.15, 0.2) is 5.78 Å². The van der Waals surface area contributed by atoms with Gasteiger partial charge in [-0.2, -0.15) is 0 Å². The van der Waals surface area contributed by atoms with Crippen LogP contribution in [0.3, 0.4) is 0 Å². The highest BCUT2D eigenvalue weighted by molar-refractivity contribution is 6.09. The van der Waals surface area contributed by atoms with E-state index in [1.165, 1.54) is 0 Å². The summed E-state index contributed by atoms with van der Waals surface area (Å²) >= 11 is 0. The summed E-state index contributed by atoms with van der Waals surface area (Å²) in [6.45, 7) is 0. The van der Waals surface area contributed by atoms with Crippen molar-refractivity contribution in [2.24, 2.45) is 0 Å². The van der Waals surface area contributed by atoms with Gasteiger partial charge in [-0.15, -0.1) is 0 Å². The van der Waals surface area contributed by atoms with Crippen molar-refractivity contribution in [2.75, 3.05) is 0 Å². The van der Waals surface area contributed by atoms with Gasteiger partial charge in [0, 0.05) is 11.1 Å². The number of carbonyl (C=O) groups is 1. The molecule has 0 fully saturated rings. The number of phenols is 2. The third-order valence-corrected chi connectivity index (χ3v) is 4.70. The highest BCUT2D eigenvalue weighted by atomic mass is 16.3. The Bertz CT molecular complexity index is 1000. The van der Waals surface area contributed by atoms with Crippen molar-refractivity contribution in [2.45, 2.75) is 0 Å². The smallest absolute Gasteiger partial charge is 0.193 e. The van der Waals surface area contributed by atoms with Gasteiger partial charge in [0.05, 0.1) is 0 Å². The summed E-state index contributed by atoms with van der Waals surface area (Å²) in [6.07, 6.45) is 0. The van der Waals surface area contributed by atoms with Crippen LogP contribution in [-0.2, 0) is 0 Å². The Morgan fingerprint density at radius 2 is 0.679 bits per heavy atom. The molecule has 0 saturated heterocycles. The molecular formula is C25H18O3. The molecule has 3 heteroatoms. The van der Waals surface area contributed by atoms with Crippen molar-refractivity contribution in [3.8, 4) is 33.8 Å². The minimum atomic E-state index is -0.0329. The summed E-state index contributed by atoms with van der Waals surface area (Å²) < 4.78 is 0. The van der Waals surface area contributed by atoms with Gasteiger partial charge >= 0.3 is 0 Å². The third kappa shape index (κ3) is 3.64. The minimum absolute atomic E-state index is 0.0329. The summed E-state index contributed by atoms with van der Waals surface area (Å²) in [6, 6.07) is 28.8. The fraction of sp³-hybridized carbons (Fsp3) is 0. The van der Waals surface area contributed by atoms with Crippen molar-refractivity contribution >= 4 is 5.78 Å². The molecule has 0 aliphatic rings. The van der Waals surface area contributed by atoms with Gasteiger partial charge < -0.3 is 10.2 Å². The number of ketones is 1. The lowest BCUT2D eigenvalue weighted by atomic mass is 9.97. The molecule has 4 rings (SSSR count). The van der Waals surface area contributed by atoms with Crippen LogP contribution >= 0.6 is 0 Å². The van der Waals surface area contributed by atoms with Crippen molar-refractivity contribution in [1.29, 1.82) is 0 Å². The molecule has 28 heavy (non-hydrogen) atoms. The lowest BCUT2D eigenvalue weighted by Gasteiger charge is -2.06. The van der Waals surface area contributed by atoms with Gasteiger partial charge in [0.2, 0.25) is 0 Å². The summed E-state index contributed by atoms with van der Waals surface area (Å²) in [5.74, 6) is 0.423. The van der Waals surface area contributed by atoms with E-state index >= 15 is 0 Å². The molecule has 0 spiro atoms. The standard InChI is InChI=1S/C25H18O3/c26-23-13-9-19(10-14-23)17-1-5-21(6-2-17)25(28)22-7-3-18(4-8-22)20-11-15-24(27)16-12-20/h1-16,26-27H. The van der Waals surface area contributed by atoms with Crippen LogP contribution in [0.2, 0.25) is 0 Å². The summed E-state index contributed by atoms with van der Waals surface area (Å²) in [5.41, 5.74) is 5.18. The zero-order valence-electron chi connectivity index (χ0n) is 15.0. The first-order valence-electron chi connectivity index (χ1n) is 8.94. The highest BCUT2D eigenvalue weighted by Gasteiger charge is 2.10. The van der Waals surface area contributed by atoms with Gasteiger partial charge in [0.1, 0.15) is 11.5 Å². The fourth-order valence-electron chi connectivity index (χ4n) is 3.10. The number of carbonyl (C=O) groups excluding carboxylic acids is 1. The number of benzene rings is 4. The Morgan fingerprint density at radius 1 is 0.429 bits per heavy atom. The summed E-state index contributed by atoms with van der Waals surface area (Å²) in [5, 5.41) is 18.8. The monoisotopic (exact) mass is 366 g/mol. The topological polar surface area (TPSA) is 57.5 Å². The number of phenolic OH excluding ortho intramolecular Hbond substituents is 2. The molecule has 0 saturated carbocycles. The minimum Gasteiger partial charge on any atom is -0.508 e. The molecule has 0 bridgehead atoms. The van der Waals surface area contributed by atoms with Crippen LogP contribution in [0.4, 0.5) is 0 Å². The number of aromatic hydroxyl groups is 2. The normalized spacial score (nSPS) is 10.6. The zero-order chi connectivity index (χ0) is 19.5. The molecule has 136 valence electrons. The van der Waals surface area contributed by atoms with Gasteiger partial charge in [-0.1, -0.05) is 72.8 Å². The van der Waals surface area contributed by atoms with E-state index in [0.29, 0.717) is 11.1 Å². The third-order valence-electron chi connectivity index (χ3n) is 4.70. The second-order valence-electron chi connectivity index (χ2n) is 6.58. The maximum Gasteiger partial charge on any atom is 0.193 e. The predicted octanol–water partition coefficient (Wildman–Crippen LogP) is 5.66. The van der Waals surface area contributed by atoms with Gasteiger partial charge in [-0.3, -0.25) is 4.79 Å². The number of hydrogen-bond donors (Lipinski definition) is 2. The SMILES string of the molecule is O=C(c1ccc(-c2ccc(O)cc2)cc1)c1ccc(-c2ccc(O)cc2)cc1. The van der Waals surface area contributed by atoms with E-state index in [0.717, 1.165) is 22.3 Å². The van der Waals surface area contributed by atoms with Crippen LogP contribution in [0.25, 0.3) is 22.3 Å². The molecular weight excluding hydrogens is 348 g/mol. The first-order chi connectivity index (χ1) is 13.6. The van der Waals surface area contributed by atoms with E-state index in [-0.39, 0.29) is 17.3 Å². The quantitative estimate of drug-likeness (QED) is 0.458. The van der Waals surface area contributed by atoms with Crippen molar-refractivity contribution in [1.82, 2.24) is 0 Å². The van der Waals surface area contributed by atoms with Crippen LogP contribution < -0.4 is 0 Å². The molecule has 0 aliphatic carbocycles. The highest BCUT2D eigenvalue weighted by Crippen LogP contribution is 2.25. The van der Waals surface area contributed by atoms with E-state index in [4.69, 9.17) is 0 Å². The molecule has 2 N–H and O–H groups in total. The van der Waals surface area contributed by atoms with E-state index in [1.807, 2.05) is 72.8 Å². The maximum atomic E-state index is 12.8. The van der Waals surface area contributed by atoms with Crippen molar-refractivity contribution in [3.05, 3.63) is 108 Å². The largest absolute Gasteiger partial charge is 0.508 e. The molecule has 0 aliphatic heterocycles. The predicted molar refractivity (Wildman–Crippen MR) is 111 cm³/mol. The molecule has 0 amide bonds. The van der Waals surface area contributed by atoms with Gasteiger partial charge in [0.25, 0.3) is 0 Å². The first-order valence-corrected chi connectivity index (χ1v) is 8.94. The Morgan fingerprint density at radius 3 is 0.964 bits per heavy atom. The summed E-state index contributed by atoms with van der Waals surface area (Å²) in [7, 11) is 0. The lowest BCUT2D eigenvalue weighted by Crippen LogP contribution is -2.00.